The zero-order valence-electron chi connectivity index (χ0n) is 10.9. The molecule has 4 heteroatoms. The third-order valence-corrected chi connectivity index (χ3v) is 4.01. The summed E-state index contributed by atoms with van der Waals surface area (Å²) < 4.78 is 0. The molecule has 0 spiro atoms. The maximum absolute atomic E-state index is 9.55. The second-order valence-electron chi connectivity index (χ2n) is 4.30. The lowest BCUT2D eigenvalue weighted by molar-refractivity contribution is 0.203. The summed E-state index contributed by atoms with van der Waals surface area (Å²) in [4.78, 5) is 7.44. The summed E-state index contributed by atoms with van der Waals surface area (Å²) >= 11 is 1.54. The predicted molar refractivity (Wildman–Crippen MR) is 76.6 cm³/mol. The first-order chi connectivity index (χ1) is 8.61. The first-order valence-electron chi connectivity index (χ1n) is 6.09. The van der Waals surface area contributed by atoms with Gasteiger partial charge in [-0.15, -0.1) is 0 Å². The molecule has 0 bridgehead atoms. The normalized spacial score (nSPS) is 12.4. The summed E-state index contributed by atoms with van der Waals surface area (Å²) in [5.41, 5.74) is 2.38. The third-order valence-electron chi connectivity index (χ3n) is 2.82. The Morgan fingerprint density at radius 1 is 1.33 bits per heavy atom. The lowest BCUT2D eigenvalue weighted by atomic mass is 10.2. The minimum absolute atomic E-state index is 0.451. The van der Waals surface area contributed by atoms with E-state index in [2.05, 4.69) is 48.0 Å². The summed E-state index contributed by atoms with van der Waals surface area (Å²) in [5.74, 6) is 0. The Labute approximate surface area is 112 Å². The molecule has 0 radical (unpaired) electrons. The van der Waals surface area contributed by atoms with Crippen molar-refractivity contribution in [3.8, 4) is 0 Å². The van der Waals surface area contributed by atoms with E-state index in [1.165, 1.54) is 16.9 Å². The Balaban J connectivity index is 2.29. The van der Waals surface area contributed by atoms with E-state index in [-0.39, 0.29) is 0 Å². The molecule has 3 nitrogen and oxygen atoms in total. The minimum Gasteiger partial charge on any atom is -0.388 e. The Bertz CT molecular complexity index is 505. The summed E-state index contributed by atoms with van der Waals surface area (Å²) in [6, 6.07) is 8.40. The van der Waals surface area contributed by atoms with Crippen molar-refractivity contribution in [1.82, 2.24) is 4.98 Å². The molecule has 1 aromatic carbocycles. The van der Waals surface area contributed by atoms with E-state index < -0.39 is 6.10 Å². The molecule has 0 saturated heterocycles. The van der Waals surface area contributed by atoms with Crippen LogP contribution in [0.4, 0.5) is 10.8 Å². The second-order valence-corrected chi connectivity index (χ2v) is 5.34. The predicted octanol–water partition coefficient (Wildman–Crippen LogP) is 3.66. The number of hydrogen-bond acceptors (Lipinski definition) is 4. The van der Waals surface area contributed by atoms with Crippen LogP contribution in [0.2, 0.25) is 0 Å². The molecule has 1 atom stereocenters. The highest BCUT2D eigenvalue weighted by Crippen LogP contribution is 2.31. The van der Waals surface area contributed by atoms with Crippen LogP contribution < -0.4 is 4.90 Å². The smallest absolute Gasteiger partial charge is 0.190 e. The van der Waals surface area contributed by atoms with Crippen LogP contribution in [0.25, 0.3) is 0 Å². The van der Waals surface area contributed by atoms with Crippen molar-refractivity contribution >= 4 is 22.2 Å². The molecule has 0 aliphatic carbocycles. The fourth-order valence-corrected chi connectivity index (χ4v) is 2.68. The number of hydrogen-bond donors (Lipinski definition) is 1. The van der Waals surface area contributed by atoms with Gasteiger partial charge in [0, 0.05) is 18.4 Å². The SMILES string of the molecule is CCN(c1ccc(C)cc1)c1ncc(C(C)O)s1. The number of thiazole rings is 1. The lowest BCUT2D eigenvalue weighted by Crippen LogP contribution is -2.15. The van der Waals surface area contributed by atoms with Gasteiger partial charge in [0.1, 0.15) is 0 Å². The summed E-state index contributed by atoms with van der Waals surface area (Å²) in [7, 11) is 0. The maximum atomic E-state index is 9.55. The molecule has 0 aliphatic rings. The van der Waals surface area contributed by atoms with Crippen LogP contribution >= 0.6 is 11.3 Å². The Morgan fingerprint density at radius 3 is 2.50 bits per heavy atom. The molecule has 0 amide bonds. The van der Waals surface area contributed by atoms with E-state index in [9.17, 15) is 5.11 Å². The van der Waals surface area contributed by atoms with Crippen molar-refractivity contribution in [3.05, 3.63) is 40.9 Å². The van der Waals surface area contributed by atoms with E-state index in [0.29, 0.717) is 0 Å². The van der Waals surface area contributed by atoms with Gasteiger partial charge in [0.2, 0.25) is 0 Å². The van der Waals surface area contributed by atoms with Crippen LogP contribution in [-0.4, -0.2) is 16.6 Å². The highest BCUT2D eigenvalue weighted by atomic mass is 32.1. The van der Waals surface area contributed by atoms with E-state index in [1.807, 2.05) is 0 Å². The molecule has 1 N–H and O–H groups in total. The number of benzene rings is 1. The van der Waals surface area contributed by atoms with Crippen LogP contribution in [0.3, 0.4) is 0 Å². The van der Waals surface area contributed by atoms with Gasteiger partial charge in [0.25, 0.3) is 0 Å². The van der Waals surface area contributed by atoms with E-state index in [0.717, 1.165) is 22.2 Å². The van der Waals surface area contributed by atoms with Gasteiger partial charge in [-0.1, -0.05) is 29.0 Å². The van der Waals surface area contributed by atoms with Gasteiger partial charge >= 0.3 is 0 Å². The Hall–Kier alpha value is -1.39. The third kappa shape index (κ3) is 2.71. The molecule has 1 heterocycles. The van der Waals surface area contributed by atoms with Gasteiger partial charge in [-0.2, -0.15) is 0 Å². The van der Waals surface area contributed by atoms with Gasteiger partial charge in [0.15, 0.2) is 5.13 Å². The average Bonchev–Trinajstić information content (AvgIpc) is 2.82. The van der Waals surface area contributed by atoms with Crippen molar-refractivity contribution < 1.29 is 5.11 Å². The molecular formula is C14H18N2OS. The maximum Gasteiger partial charge on any atom is 0.190 e. The Kier molecular flexibility index (Phi) is 3.99. The number of aryl methyl sites for hydroxylation is 1. The van der Waals surface area contributed by atoms with Crippen LogP contribution in [-0.2, 0) is 0 Å². The molecule has 96 valence electrons. The lowest BCUT2D eigenvalue weighted by Gasteiger charge is -2.20. The van der Waals surface area contributed by atoms with Gasteiger partial charge < -0.3 is 10.0 Å². The number of rotatable bonds is 4. The fraction of sp³-hybridized carbons (Fsp3) is 0.357. The summed E-state index contributed by atoms with van der Waals surface area (Å²) in [6.45, 7) is 6.80. The zero-order chi connectivity index (χ0) is 13.1. The fourth-order valence-electron chi connectivity index (χ4n) is 1.75. The van der Waals surface area contributed by atoms with Crippen molar-refractivity contribution in [2.75, 3.05) is 11.4 Å². The van der Waals surface area contributed by atoms with E-state index >= 15 is 0 Å². The number of aromatic nitrogens is 1. The standard InChI is InChI=1S/C14H18N2OS/c1-4-16(12-7-5-10(2)6-8-12)14-15-9-13(18-14)11(3)17/h5-9,11,17H,4H2,1-3H3. The van der Waals surface area contributed by atoms with Crippen molar-refractivity contribution in [1.29, 1.82) is 0 Å². The molecule has 2 aromatic rings. The van der Waals surface area contributed by atoms with E-state index in [4.69, 9.17) is 0 Å². The number of anilines is 2. The minimum atomic E-state index is -0.451. The van der Waals surface area contributed by atoms with Gasteiger partial charge in [0.05, 0.1) is 11.0 Å². The summed E-state index contributed by atoms with van der Waals surface area (Å²) in [6.07, 6.45) is 1.30. The molecule has 1 aromatic heterocycles. The number of aliphatic hydroxyl groups excluding tert-OH is 1. The Morgan fingerprint density at radius 2 is 2.00 bits per heavy atom. The molecule has 0 fully saturated rings. The highest BCUT2D eigenvalue weighted by molar-refractivity contribution is 7.15. The highest BCUT2D eigenvalue weighted by Gasteiger charge is 2.13. The molecule has 18 heavy (non-hydrogen) atoms. The topological polar surface area (TPSA) is 36.4 Å². The number of aliphatic hydroxyl groups is 1. The van der Waals surface area contributed by atoms with Crippen LogP contribution in [0.5, 0.6) is 0 Å². The van der Waals surface area contributed by atoms with Crippen LogP contribution in [0.15, 0.2) is 30.5 Å². The first kappa shape index (κ1) is 13.1. The summed E-state index contributed by atoms with van der Waals surface area (Å²) in [5, 5.41) is 10.5. The van der Waals surface area contributed by atoms with Gasteiger partial charge in [-0.25, -0.2) is 4.98 Å². The van der Waals surface area contributed by atoms with Crippen molar-refractivity contribution in [2.24, 2.45) is 0 Å². The van der Waals surface area contributed by atoms with E-state index in [1.54, 1.807) is 13.1 Å². The second kappa shape index (κ2) is 5.50. The number of nitrogens with zero attached hydrogens (tertiary/aromatic N) is 2. The zero-order valence-corrected chi connectivity index (χ0v) is 11.7. The molecule has 0 saturated carbocycles. The molecular weight excluding hydrogens is 244 g/mol. The molecule has 2 rings (SSSR count). The van der Waals surface area contributed by atoms with Gasteiger partial charge in [-0.05, 0) is 32.9 Å². The molecule has 1 unspecified atom stereocenters. The largest absolute Gasteiger partial charge is 0.388 e. The van der Waals surface area contributed by atoms with Crippen molar-refractivity contribution in [3.63, 3.8) is 0 Å². The monoisotopic (exact) mass is 262 g/mol. The van der Waals surface area contributed by atoms with Gasteiger partial charge in [-0.3, -0.25) is 0 Å². The first-order valence-corrected chi connectivity index (χ1v) is 6.91. The van der Waals surface area contributed by atoms with Crippen LogP contribution in [0, 0.1) is 6.92 Å². The molecule has 0 aliphatic heterocycles. The average molecular weight is 262 g/mol. The quantitative estimate of drug-likeness (QED) is 0.913. The van der Waals surface area contributed by atoms with Crippen molar-refractivity contribution in [2.45, 2.75) is 26.9 Å². The van der Waals surface area contributed by atoms with Crippen LogP contribution in [0.1, 0.15) is 30.4 Å².